The molecule has 54 heavy (non-hydrogen) atoms. The predicted molar refractivity (Wildman–Crippen MR) is 268 cm³/mol. The van der Waals surface area contributed by atoms with Crippen molar-refractivity contribution in [3.05, 3.63) is 0 Å². The normalized spacial score (nSPS) is 16.5. The highest BCUT2D eigenvalue weighted by atomic mass is 14.3. The first-order valence-electron chi connectivity index (χ1n) is 25.0. The minimum atomic E-state index is 0.500. The Hall–Kier alpha value is 0. The number of hydrogen-bond donors (Lipinski definition) is 0. The minimum Gasteiger partial charge on any atom is -0.0683 e. The van der Waals surface area contributed by atoms with Crippen molar-refractivity contribution in [1.82, 2.24) is 0 Å². The SMILES string of the molecule is CC.CC.CC(C)(C)C.CC(C)C.CC1CC1.CC1CC1C.CC1CCC1.CCC.CCC(C)C.CCC(C)C.CCC1CC1.CCCC.CCCCC. The monoisotopic (exact) mass is 775 g/mol. The minimum absolute atomic E-state index is 0.500. The van der Waals surface area contributed by atoms with E-state index in [0.717, 1.165) is 47.3 Å². The maximum Gasteiger partial charge on any atom is -0.0411 e. The summed E-state index contributed by atoms with van der Waals surface area (Å²) in [5.74, 6) is 7.99. The van der Waals surface area contributed by atoms with E-state index in [-0.39, 0.29) is 0 Å². The van der Waals surface area contributed by atoms with Crippen LogP contribution < -0.4 is 0 Å². The van der Waals surface area contributed by atoms with Gasteiger partial charge in [0.2, 0.25) is 0 Å². The summed E-state index contributed by atoms with van der Waals surface area (Å²) in [4.78, 5) is 0. The van der Waals surface area contributed by atoms with Crippen LogP contribution >= 0.6 is 0 Å². The molecule has 0 heteroatoms. The highest BCUT2D eigenvalue weighted by Crippen LogP contribution is 2.36. The highest BCUT2D eigenvalue weighted by Gasteiger charge is 2.26. The van der Waals surface area contributed by atoms with Crippen molar-refractivity contribution in [2.45, 2.75) is 303 Å². The predicted octanol–water partition coefficient (Wildman–Crippen LogP) is 22.0. The lowest BCUT2D eigenvalue weighted by Gasteiger charge is -2.18. The molecule has 4 aliphatic carbocycles. The first-order chi connectivity index (χ1) is 25.0. The zero-order valence-electron chi connectivity index (χ0n) is 45.1. The molecular formula is C54H126. The molecule has 0 aromatic carbocycles. The molecule has 0 heterocycles. The van der Waals surface area contributed by atoms with E-state index in [0.29, 0.717) is 5.41 Å². The number of rotatable bonds is 6. The second kappa shape index (κ2) is 64.9. The van der Waals surface area contributed by atoms with Gasteiger partial charge in [-0.1, -0.05) is 297 Å². The van der Waals surface area contributed by atoms with Crippen molar-refractivity contribution in [3.8, 4) is 0 Å². The van der Waals surface area contributed by atoms with E-state index in [1.807, 2.05) is 27.7 Å². The fraction of sp³-hybridized carbons (Fsp3) is 1.00. The zero-order valence-corrected chi connectivity index (χ0v) is 45.1. The molecule has 0 amide bonds. The molecule has 4 aliphatic rings. The van der Waals surface area contributed by atoms with E-state index in [4.69, 9.17) is 0 Å². The van der Waals surface area contributed by atoms with Gasteiger partial charge < -0.3 is 0 Å². The molecule has 0 nitrogen and oxygen atoms in total. The first-order valence-corrected chi connectivity index (χ1v) is 25.0. The van der Waals surface area contributed by atoms with E-state index >= 15 is 0 Å². The zero-order chi connectivity index (χ0) is 45.1. The standard InChI is InChI=1S/3C5H10.4C5H12.C4H8.2C4H10.C3H8.2C2H6/c1-4-3-5(4)2;1-5-3-2-4-5;1-2-5-3-4-5;1-5(2,3)4;2*1-4-5(2)3;1-3-5-4-2;1-4-2-3-4;1-4(2)3;1-3-4-2;1-3-2;2*1-2/h4-5H,3H2,1-2H3;2*5H,2-4H2,1H3;1-4H3;2*5H,4H2,1-3H3;3-5H2,1-2H3;4H,2-3H2,1H3;4H,1-3H3;3-4H2,1-2H3;3H2,1-2H3;2*1-2H3. The molecule has 342 valence electrons. The van der Waals surface area contributed by atoms with Gasteiger partial charge in [0.15, 0.2) is 0 Å². The van der Waals surface area contributed by atoms with Gasteiger partial charge in [0.05, 0.1) is 0 Å². The van der Waals surface area contributed by atoms with Crippen LogP contribution in [-0.4, -0.2) is 0 Å². The van der Waals surface area contributed by atoms with Crippen LogP contribution in [0.2, 0.25) is 0 Å². The first kappa shape index (κ1) is 74.9. The average molecular weight is 776 g/mol. The van der Waals surface area contributed by atoms with Crippen LogP contribution in [0.4, 0.5) is 0 Å². The van der Waals surface area contributed by atoms with Crippen molar-refractivity contribution in [3.63, 3.8) is 0 Å². The molecule has 0 spiro atoms. The summed E-state index contributed by atoms with van der Waals surface area (Å²) < 4.78 is 0. The molecule has 2 atom stereocenters. The third-order valence-corrected chi connectivity index (χ3v) is 7.89. The van der Waals surface area contributed by atoms with Crippen LogP contribution in [0.1, 0.15) is 303 Å². The molecule has 0 aliphatic heterocycles. The van der Waals surface area contributed by atoms with E-state index in [1.165, 1.54) is 109 Å². The summed E-state index contributed by atoms with van der Waals surface area (Å²) in [6, 6.07) is 0. The Morgan fingerprint density at radius 3 is 0.667 bits per heavy atom. The molecule has 0 bridgehead atoms. The summed E-state index contributed by atoms with van der Waals surface area (Å²) in [7, 11) is 0. The van der Waals surface area contributed by atoms with Crippen LogP contribution in [0.25, 0.3) is 0 Å². The van der Waals surface area contributed by atoms with E-state index < -0.39 is 0 Å². The van der Waals surface area contributed by atoms with Gasteiger partial charge in [-0.3, -0.25) is 0 Å². The Morgan fingerprint density at radius 2 is 0.667 bits per heavy atom. The summed E-state index contributed by atoms with van der Waals surface area (Å²) in [6.07, 6.45) is 23.9. The van der Waals surface area contributed by atoms with E-state index in [1.54, 1.807) is 0 Å². The molecule has 4 saturated carbocycles. The molecule has 0 N–H and O–H groups in total. The third kappa shape index (κ3) is 186. The molecule has 0 aromatic heterocycles. The van der Waals surface area contributed by atoms with Gasteiger partial charge in [0.1, 0.15) is 0 Å². The van der Waals surface area contributed by atoms with Crippen molar-refractivity contribution >= 4 is 0 Å². The van der Waals surface area contributed by atoms with E-state index in [9.17, 15) is 0 Å². The molecule has 2 unspecified atom stereocenters. The summed E-state index contributed by atoms with van der Waals surface area (Å²) >= 11 is 0. The highest BCUT2D eigenvalue weighted by molar-refractivity contribution is 4.76. The number of hydrogen-bond acceptors (Lipinski definition) is 0. The van der Waals surface area contributed by atoms with Crippen molar-refractivity contribution in [1.29, 1.82) is 0 Å². The average Bonchev–Trinajstić information content (AvgIpc) is 4.01. The Bertz CT molecular complexity index is 453. The van der Waals surface area contributed by atoms with Crippen LogP contribution in [0.5, 0.6) is 0 Å². The molecular weight excluding hydrogens is 649 g/mol. The Kier molecular flexibility index (Phi) is 90.0. The van der Waals surface area contributed by atoms with Gasteiger partial charge in [-0.05, 0) is 59.2 Å². The lowest BCUT2D eigenvalue weighted by molar-refractivity contribution is 0.346. The Labute approximate surface area is 354 Å². The Morgan fingerprint density at radius 1 is 0.463 bits per heavy atom. The second-order valence-electron chi connectivity index (χ2n) is 19.2. The molecule has 4 rings (SSSR count). The van der Waals surface area contributed by atoms with Gasteiger partial charge in [0.25, 0.3) is 0 Å². The topological polar surface area (TPSA) is 0 Å². The second-order valence-corrected chi connectivity index (χ2v) is 19.2. The van der Waals surface area contributed by atoms with Crippen LogP contribution in [0, 0.1) is 52.8 Å². The van der Waals surface area contributed by atoms with Gasteiger partial charge >= 0.3 is 0 Å². The van der Waals surface area contributed by atoms with E-state index in [2.05, 4.69) is 166 Å². The molecule has 0 saturated heterocycles. The summed E-state index contributed by atoms with van der Waals surface area (Å²) in [5, 5.41) is 0. The molecule has 4 fully saturated rings. The molecule has 0 aromatic rings. The smallest absolute Gasteiger partial charge is 0.0411 e. The van der Waals surface area contributed by atoms with Gasteiger partial charge in [0, 0.05) is 0 Å². The maximum atomic E-state index is 2.31. The van der Waals surface area contributed by atoms with Crippen LogP contribution in [0.15, 0.2) is 0 Å². The van der Waals surface area contributed by atoms with Gasteiger partial charge in [-0.25, -0.2) is 0 Å². The fourth-order valence-electron chi connectivity index (χ4n) is 2.17. The maximum absolute atomic E-state index is 2.31. The summed E-state index contributed by atoms with van der Waals surface area (Å²) in [6.45, 7) is 61.0. The lowest BCUT2D eigenvalue weighted by atomic mass is 9.88. The largest absolute Gasteiger partial charge is 0.0683 e. The van der Waals surface area contributed by atoms with Gasteiger partial charge in [-0.15, -0.1) is 0 Å². The van der Waals surface area contributed by atoms with Crippen molar-refractivity contribution < 1.29 is 0 Å². The van der Waals surface area contributed by atoms with Crippen molar-refractivity contribution in [2.75, 3.05) is 0 Å². The quantitative estimate of drug-likeness (QED) is 0.252. The fourth-order valence-corrected chi connectivity index (χ4v) is 2.17. The van der Waals surface area contributed by atoms with Gasteiger partial charge in [-0.2, -0.15) is 0 Å². The van der Waals surface area contributed by atoms with Crippen LogP contribution in [0.3, 0.4) is 0 Å². The molecule has 0 radical (unpaired) electrons. The third-order valence-electron chi connectivity index (χ3n) is 7.89. The summed E-state index contributed by atoms with van der Waals surface area (Å²) in [5.41, 5.74) is 0.500. The van der Waals surface area contributed by atoms with Crippen molar-refractivity contribution in [2.24, 2.45) is 52.8 Å². The van der Waals surface area contributed by atoms with Crippen LogP contribution in [-0.2, 0) is 0 Å². The lowest BCUT2D eigenvalue weighted by Crippen LogP contribution is -2.04. The Balaban J connectivity index is -0.0000000585. The number of unbranched alkanes of at least 4 members (excludes halogenated alkanes) is 3.